The van der Waals surface area contributed by atoms with Crippen molar-refractivity contribution in [3.63, 3.8) is 0 Å². The van der Waals surface area contributed by atoms with E-state index in [0.29, 0.717) is 16.5 Å². The molecular formula is C19H21ClN6O. The Morgan fingerprint density at radius 2 is 1.85 bits per heavy atom. The largest absolute Gasteiger partial charge is 0.273 e. The summed E-state index contributed by atoms with van der Waals surface area (Å²) in [6.07, 6.45) is 1.55. The number of halogens is 1. The molecule has 0 spiro atoms. The van der Waals surface area contributed by atoms with Crippen LogP contribution in [0.15, 0.2) is 36.5 Å². The molecule has 140 valence electrons. The summed E-state index contributed by atoms with van der Waals surface area (Å²) >= 11 is 6.09. The molecule has 27 heavy (non-hydrogen) atoms. The van der Waals surface area contributed by atoms with Crippen LogP contribution in [0.4, 0.5) is 5.95 Å². The summed E-state index contributed by atoms with van der Waals surface area (Å²) in [5.74, 6) is 0.105. The molecule has 0 atom stereocenters. The van der Waals surface area contributed by atoms with Gasteiger partial charge in [-0.1, -0.05) is 31.5 Å². The van der Waals surface area contributed by atoms with Crippen molar-refractivity contribution in [2.75, 3.05) is 5.43 Å². The minimum absolute atomic E-state index is 0.0738. The SMILES string of the molecule is Cc1cc(C)nc(NNC(=O)c2cnn(-c3cccc(Cl)c3)c2C(C)C)n1. The van der Waals surface area contributed by atoms with Gasteiger partial charge >= 0.3 is 0 Å². The molecule has 3 rings (SSSR count). The lowest BCUT2D eigenvalue weighted by Crippen LogP contribution is -2.31. The Labute approximate surface area is 162 Å². The number of hydrogen-bond donors (Lipinski definition) is 2. The van der Waals surface area contributed by atoms with Crippen LogP contribution < -0.4 is 10.9 Å². The fourth-order valence-corrected chi connectivity index (χ4v) is 3.05. The number of rotatable bonds is 5. The van der Waals surface area contributed by atoms with Crippen LogP contribution >= 0.6 is 11.6 Å². The van der Waals surface area contributed by atoms with Crippen molar-refractivity contribution < 1.29 is 4.79 Å². The van der Waals surface area contributed by atoms with Crippen molar-refractivity contribution in [3.8, 4) is 5.69 Å². The van der Waals surface area contributed by atoms with Crippen LogP contribution in [0.2, 0.25) is 5.02 Å². The van der Waals surface area contributed by atoms with E-state index in [4.69, 9.17) is 11.6 Å². The van der Waals surface area contributed by atoms with Gasteiger partial charge in [-0.05, 0) is 44.0 Å². The Hall–Kier alpha value is -2.93. The minimum atomic E-state index is -0.310. The lowest BCUT2D eigenvalue weighted by molar-refractivity contribution is 0.0961. The average molecular weight is 385 g/mol. The van der Waals surface area contributed by atoms with Gasteiger partial charge in [0.05, 0.1) is 23.1 Å². The Bertz CT molecular complexity index is 962. The lowest BCUT2D eigenvalue weighted by atomic mass is 10.1. The zero-order chi connectivity index (χ0) is 19.6. The fraction of sp³-hybridized carbons (Fsp3) is 0.263. The highest BCUT2D eigenvalue weighted by Gasteiger charge is 2.21. The summed E-state index contributed by atoms with van der Waals surface area (Å²) in [4.78, 5) is 21.2. The van der Waals surface area contributed by atoms with Gasteiger partial charge in [-0.2, -0.15) is 5.10 Å². The summed E-state index contributed by atoms with van der Waals surface area (Å²) in [5.41, 5.74) is 9.11. The van der Waals surface area contributed by atoms with Crippen LogP contribution in [0.3, 0.4) is 0 Å². The molecule has 0 aliphatic rings. The van der Waals surface area contributed by atoms with Crippen LogP contribution in [0.1, 0.15) is 47.2 Å². The van der Waals surface area contributed by atoms with E-state index in [0.717, 1.165) is 22.8 Å². The summed E-state index contributed by atoms with van der Waals surface area (Å²) < 4.78 is 1.73. The molecule has 7 nitrogen and oxygen atoms in total. The lowest BCUT2D eigenvalue weighted by Gasteiger charge is -2.13. The standard InChI is InChI=1S/C19H21ClN6O/c1-11(2)17-16(10-21-26(17)15-7-5-6-14(20)9-15)18(27)24-25-19-22-12(3)8-13(4)23-19/h5-11H,1-4H3,(H,24,27)(H,22,23,25). The zero-order valence-corrected chi connectivity index (χ0v) is 16.4. The molecule has 0 saturated heterocycles. The molecule has 2 heterocycles. The summed E-state index contributed by atoms with van der Waals surface area (Å²) in [6.45, 7) is 7.76. The average Bonchev–Trinajstić information content (AvgIpc) is 3.04. The Morgan fingerprint density at radius 3 is 2.48 bits per heavy atom. The van der Waals surface area contributed by atoms with E-state index in [1.165, 1.54) is 0 Å². The first-order chi connectivity index (χ1) is 12.8. The fourth-order valence-electron chi connectivity index (χ4n) is 2.86. The van der Waals surface area contributed by atoms with Gasteiger partial charge in [-0.25, -0.2) is 14.6 Å². The molecule has 0 saturated carbocycles. The molecule has 1 aromatic carbocycles. The molecule has 3 aromatic rings. The number of carbonyl (C=O) groups is 1. The number of nitrogens with zero attached hydrogens (tertiary/aromatic N) is 4. The van der Waals surface area contributed by atoms with Gasteiger partial charge in [0.25, 0.3) is 5.91 Å². The van der Waals surface area contributed by atoms with Crippen LogP contribution in [-0.2, 0) is 0 Å². The molecule has 0 unspecified atom stereocenters. The summed E-state index contributed by atoms with van der Waals surface area (Å²) in [6, 6.07) is 9.21. The van der Waals surface area contributed by atoms with Crippen molar-refractivity contribution in [3.05, 3.63) is 64.2 Å². The molecule has 0 radical (unpaired) electrons. The van der Waals surface area contributed by atoms with E-state index in [1.54, 1.807) is 16.9 Å². The van der Waals surface area contributed by atoms with Crippen molar-refractivity contribution in [2.24, 2.45) is 0 Å². The van der Waals surface area contributed by atoms with Gasteiger partial charge in [0, 0.05) is 16.4 Å². The normalized spacial score (nSPS) is 10.9. The van der Waals surface area contributed by atoms with Crippen LogP contribution in [0, 0.1) is 13.8 Å². The summed E-state index contributed by atoms with van der Waals surface area (Å²) in [5, 5.41) is 5.00. The molecular weight excluding hydrogens is 364 g/mol. The van der Waals surface area contributed by atoms with Gasteiger partial charge in [-0.15, -0.1) is 0 Å². The Balaban J connectivity index is 1.86. The number of aromatic nitrogens is 4. The molecule has 0 bridgehead atoms. The first-order valence-electron chi connectivity index (χ1n) is 8.57. The smallest absolute Gasteiger partial charge is 0.267 e. The molecule has 0 aliphatic heterocycles. The second kappa shape index (κ2) is 7.75. The van der Waals surface area contributed by atoms with E-state index >= 15 is 0 Å². The molecule has 8 heteroatoms. The van der Waals surface area contributed by atoms with Crippen LogP contribution in [0.25, 0.3) is 5.69 Å². The van der Waals surface area contributed by atoms with Crippen LogP contribution in [-0.4, -0.2) is 25.7 Å². The predicted molar refractivity (Wildman–Crippen MR) is 105 cm³/mol. The van der Waals surface area contributed by atoms with Crippen molar-refractivity contribution >= 4 is 23.5 Å². The minimum Gasteiger partial charge on any atom is -0.267 e. The van der Waals surface area contributed by atoms with Crippen LogP contribution in [0.5, 0.6) is 0 Å². The monoisotopic (exact) mass is 384 g/mol. The maximum atomic E-state index is 12.7. The summed E-state index contributed by atoms with van der Waals surface area (Å²) in [7, 11) is 0. The third-order valence-electron chi connectivity index (χ3n) is 3.92. The third-order valence-corrected chi connectivity index (χ3v) is 4.16. The first kappa shape index (κ1) is 18.8. The highest BCUT2D eigenvalue weighted by molar-refractivity contribution is 6.30. The van der Waals surface area contributed by atoms with E-state index in [-0.39, 0.29) is 11.8 Å². The topological polar surface area (TPSA) is 84.7 Å². The number of aryl methyl sites for hydroxylation is 2. The number of amides is 1. The molecule has 0 fully saturated rings. The van der Waals surface area contributed by atoms with Gasteiger partial charge in [0.2, 0.25) is 5.95 Å². The molecule has 2 N–H and O–H groups in total. The molecule has 2 aromatic heterocycles. The third kappa shape index (κ3) is 4.25. The van der Waals surface area contributed by atoms with E-state index in [1.807, 2.05) is 52.0 Å². The number of carbonyl (C=O) groups excluding carboxylic acids is 1. The Kier molecular flexibility index (Phi) is 5.41. The quantitative estimate of drug-likeness (QED) is 0.653. The van der Waals surface area contributed by atoms with Crippen molar-refractivity contribution in [1.82, 2.24) is 25.2 Å². The second-order valence-corrected chi connectivity index (χ2v) is 6.98. The highest BCUT2D eigenvalue weighted by Crippen LogP contribution is 2.24. The maximum Gasteiger partial charge on any atom is 0.273 e. The van der Waals surface area contributed by atoms with E-state index < -0.39 is 0 Å². The van der Waals surface area contributed by atoms with Gasteiger partial charge < -0.3 is 0 Å². The number of hydrogen-bond acceptors (Lipinski definition) is 5. The van der Waals surface area contributed by atoms with Crippen molar-refractivity contribution in [2.45, 2.75) is 33.6 Å². The number of hydrazine groups is 1. The molecule has 0 aliphatic carbocycles. The van der Waals surface area contributed by atoms with Gasteiger partial charge in [-0.3, -0.25) is 15.6 Å². The predicted octanol–water partition coefficient (Wildman–Crippen LogP) is 3.81. The van der Waals surface area contributed by atoms with E-state index in [2.05, 4.69) is 25.9 Å². The zero-order valence-electron chi connectivity index (χ0n) is 15.6. The van der Waals surface area contributed by atoms with Gasteiger partial charge in [0.1, 0.15) is 0 Å². The van der Waals surface area contributed by atoms with E-state index in [9.17, 15) is 4.79 Å². The second-order valence-electron chi connectivity index (χ2n) is 6.54. The highest BCUT2D eigenvalue weighted by atomic mass is 35.5. The number of benzene rings is 1. The number of anilines is 1. The van der Waals surface area contributed by atoms with Crippen molar-refractivity contribution in [1.29, 1.82) is 0 Å². The first-order valence-corrected chi connectivity index (χ1v) is 8.95. The number of nitrogens with one attached hydrogen (secondary N) is 2. The maximum absolute atomic E-state index is 12.7. The molecule has 1 amide bonds. The van der Waals surface area contributed by atoms with Gasteiger partial charge in [0.15, 0.2) is 0 Å². The Morgan fingerprint density at radius 1 is 1.15 bits per heavy atom.